The summed E-state index contributed by atoms with van der Waals surface area (Å²) in [4.78, 5) is 20.6. The van der Waals surface area contributed by atoms with E-state index in [1.54, 1.807) is 0 Å². The first-order valence-electron chi connectivity index (χ1n) is 3.35. The number of carboxylic acid groups (broad SMARTS) is 1. The van der Waals surface area contributed by atoms with Crippen molar-refractivity contribution in [3.63, 3.8) is 0 Å². The minimum atomic E-state index is -1.11. The van der Waals surface area contributed by atoms with Crippen molar-refractivity contribution in [3.05, 3.63) is 12.2 Å². The third kappa shape index (κ3) is 8.64. The van der Waals surface area contributed by atoms with Crippen LogP contribution in [0, 0.1) is 0 Å². The Morgan fingerprint density at radius 2 is 2.00 bits per heavy atom. The van der Waals surface area contributed by atoms with Crippen LogP contribution in [0.25, 0.3) is 0 Å². The molecule has 0 aromatic heterocycles. The summed E-state index contributed by atoms with van der Waals surface area (Å²) >= 11 is 0. The Labute approximate surface area is 71.0 Å². The molecule has 0 rings (SSSR count). The number of rotatable bonds is 4. The molecule has 5 nitrogen and oxygen atoms in total. The van der Waals surface area contributed by atoms with Crippen molar-refractivity contribution in [1.29, 1.82) is 0 Å². The molecule has 0 unspecified atom stereocenters. The zero-order valence-corrected chi connectivity index (χ0v) is 7.04. The third-order valence-corrected chi connectivity index (χ3v) is 0.927. The second kappa shape index (κ2) is 7.74. The standard InChI is InChI=1S/C7H11NO3.H3N/c1-2-5-8-6(9)3-4-7(10)11;/h3-4H,2,5H2,1H3,(H,8,9)(H,10,11);1H3. The van der Waals surface area contributed by atoms with Gasteiger partial charge in [0.1, 0.15) is 0 Å². The summed E-state index contributed by atoms with van der Waals surface area (Å²) in [6.07, 6.45) is 2.65. The Morgan fingerprint density at radius 3 is 2.42 bits per heavy atom. The Morgan fingerprint density at radius 1 is 1.42 bits per heavy atom. The van der Waals surface area contributed by atoms with E-state index in [0.717, 1.165) is 18.6 Å². The molecule has 70 valence electrons. The van der Waals surface area contributed by atoms with E-state index >= 15 is 0 Å². The fourth-order valence-corrected chi connectivity index (χ4v) is 0.454. The van der Waals surface area contributed by atoms with E-state index in [1.807, 2.05) is 6.92 Å². The van der Waals surface area contributed by atoms with E-state index in [1.165, 1.54) is 0 Å². The first-order valence-corrected chi connectivity index (χ1v) is 3.35. The van der Waals surface area contributed by atoms with Crippen LogP contribution in [0.2, 0.25) is 0 Å². The maximum absolute atomic E-state index is 10.6. The molecule has 0 aliphatic rings. The molecule has 0 radical (unpaired) electrons. The van der Waals surface area contributed by atoms with Crippen molar-refractivity contribution in [2.75, 3.05) is 6.54 Å². The SMILES string of the molecule is CCCNC(=O)C=CC(=O)O.N. The molecule has 0 atom stereocenters. The van der Waals surface area contributed by atoms with E-state index < -0.39 is 5.97 Å². The van der Waals surface area contributed by atoms with Gasteiger partial charge in [-0.2, -0.15) is 0 Å². The Balaban J connectivity index is 0. The third-order valence-electron chi connectivity index (χ3n) is 0.927. The minimum Gasteiger partial charge on any atom is -0.478 e. The average Bonchev–Trinajstić information content (AvgIpc) is 1.97. The smallest absolute Gasteiger partial charge is 0.328 e. The number of amides is 1. The maximum atomic E-state index is 10.6. The van der Waals surface area contributed by atoms with Crippen LogP contribution < -0.4 is 11.5 Å². The summed E-state index contributed by atoms with van der Waals surface area (Å²) in [6.45, 7) is 2.49. The molecule has 0 aromatic rings. The molecule has 1 amide bonds. The monoisotopic (exact) mass is 174 g/mol. The zero-order valence-electron chi connectivity index (χ0n) is 7.04. The van der Waals surface area contributed by atoms with Crippen LogP contribution in [-0.2, 0) is 9.59 Å². The number of nitrogens with one attached hydrogen (secondary N) is 1. The van der Waals surface area contributed by atoms with Gasteiger partial charge < -0.3 is 16.6 Å². The van der Waals surface area contributed by atoms with E-state index in [0.29, 0.717) is 6.54 Å². The van der Waals surface area contributed by atoms with Crippen LogP contribution in [-0.4, -0.2) is 23.5 Å². The van der Waals surface area contributed by atoms with Gasteiger partial charge in [-0.3, -0.25) is 4.79 Å². The van der Waals surface area contributed by atoms with Crippen LogP contribution in [0.5, 0.6) is 0 Å². The van der Waals surface area contributed by atoms with Crippen molar-refractivity contribution < 1.29 is 14.7 Å². The summed E-state index contributed by atoms with van der Waals surface area (Å²) in [5.41, 5.74) is 0. The molecule has 0 bridgehead atoms. The highest BCUT2D eigenvalue weighted by Crippen LogP contribution is 1.75. The lowest BCUT2D eigenvalue weighted by Gasteiger charge is -1.95. The summed E-state index contributed by atoms with van der Waals surface area (Å²) in [5, 5.41) is 10.6. The van der Waals surface area contributed by atoms with Gasteiger partial charge in [0.25, 0.3) is 0 Å². The molecular weight excluding hydrogens is 160 g/mol. The predicted molar refractivity (Wildman–Crippen MR) is 45.1 cm³/mol. The number of carbonyl (C=O) groups excluding carboxylic acids is 1. The molecule has 5 heteroatoms. The second-order valence-electron chi connectivity index (χ2n) is 1.96. The highest BCUT2D eigenvalue weighted by atomic mass is 16.4. The molecule has 0 saturated heterocycles. The first kappa shape index (κ1) is 13.2. The molecule has 0 aliphatic carbocycles. The Kier molecular flexibility index (Phi) is 8.55. The van der Waals surface area contributed by atoms with Crippen molar-refractivity contribution in [1.82, 2.24) is 11.5 Å². The van der Waals surface area contributed by atoms with Gasteiger partial charge in [-0.05, 0) is 6.42 Å². The molecule has 0 aromatic carbocycles. The number of hydrogen-bond donors (Lipinski definition) is 3. The van der Waals surface area contributed by atoms with Gasteiger partial charge in [-0.1, -0.05) is 6.92 Å². The van der Waals surface area contributed by atoms with Crippen LogP contribution in [0.15, 0.2) is 12.2 Å². The fraction of sp³-hybridized carbons (Fsp3) is 0.429. The molecular formula is C7H14N2O3. The second-order valence-corrected chi connectivity index (χ2v) is 1.96. The van der Waals surface area contributed by atoms with Crippen molar-refractivity contribution in [2.24, 2.45) is 0 Å². The number of aliphatic carboxylic acids is 1. The Hall–Kier alpha value is -1.36. The van der Waals surface area contributed by atoms with Crippen LogP contribution in [0.1, 0.15) is 13.3 Å². The Bertz CT molecular complexity index is 177. The van der Waals surface area contributed by atoms with Gasteiger partial charge in [0, 0.05) is 18.7 Å². The highest BCUT2D eigenvalue weighted by molar-refractivity contribution is 5.93. The molecule has 12 heavy (non-hydrogen) atoms. The molecule has 0 saturated carbocycles. The molecule has 0 aliphatic heterocycles. The van der Waals surface area contributed by atoms with Crippen LogP contribution >= 0.6 is 0 Å². The number of hydrogen-bond acceptors (Lipinski definition) is 3. The molecule has 0 fully saturated rings. The summed E-state index contributed by atoms with van der Waals surface area (Å²) in [5.74, 6) is -1.48. The lowest BCUT2D eigenvalue weighted by atomic mass is 10.4. The lowest BCUT2D eigenvalue weighted by molar-refractivity contribution is -0.131. The molecule has 5 N–H and O–H groups in total. The van der Waals surface area contributed by atoms with Crippen LogP contribution in [0.4, 0.5) is 0 Å². The normalized spacial score (nSPS) is 9.08. The quantitative estimate of drug-likeness (QED) is 0.534. The molecule has 0 spiro atoms. The fourth-order valence-electron chi connectivity index (χ4n) is 0.454. The number of carboxylic acids is 1. The van der Waals surface area contributed by atoms with Gasteiger partial charge in [0.05, 0.1) is 0 Å². The minimum absolute atomic E-state index is 0. The highest BCUT2D eigenvalue weighted by Gasteiger charge is 1.93. The molecule has 0 heterocycles. The van der Waals surface area contributed by atoms with E-state index in [2.05, 4.69) is 5.32 Å². The summed E-state index contributed by atoms with van der Waals surface area (Å²) in [6, 6.07) is 0. The van der Waals surface area contributed by atoms with E-state index in [9.17, 15) is 9.59 Å². The van der Waals surface area contributed by atoms with Crippen molar-refractivity contribution in [2.45, 2.75) is 13.3 Å². The van der Waals surface area contributed by atoms with Gasteiger partial charge >= 0.3 is 5.97 Å². The van der Waals surface area contributed by atoms with Crippen LogP contribution in [0.3, 0.4) is 0 Å². The summed E-state index contributed by atoms with van der Waals surface area (Å²) in [7, 11) is 0. The average molecular weight is 174 g/mol. The zero-order chi connectivity index (χ0) is 8.69. The largest absolute Gasteiger partial charge is 0.478 e. The van der Waals surface area contributed by atoms with Gasteiger partial charge in [0.15, 0.2) is 0 Å². The topological polar surface area (TPSA) is 101 Å². The predicted octanol–water partition coefficient (Wildman–Crippen LogP) is 0.315. The first-order chi connectivity index (χ1) is 5.16. The maximum Gasteiger partial charge on any atom is 0.328 e. The number of carbonyl (C=O) groups is 2. The van der Waals surface area contributed by atoms with Gasteiger partial charge in [0.2, 0.25) is 5.91 Å². The van der Waals surface area contributed by atoms with Gasteiger partial charge in [-0.25, -0.2) is 4.79 Å². The van der Waals surface area contributed by atoms with Crippen molar-refractivity contribution >= 4 is 11.9 Å². The van der Waals surface area contributed by atoms with Gasteiger partial charge in [-0.15, -0.1) is 0 Å². The van der Waals surface area contributed by atoms with E-state index in [-0.39, 0.29) is 12.1 Å². The summed E-state index contributed by atoms with van der Waals surface area (Å²) < 4.78 is 0. The lowest BCUT2D eigenvalue weighted by Crippen LogP contribution is -2.21. The van der Waals surface area contributed by atoms with Crippen molar-refractivity contribution in [3.8, 4) is 0 Å². The van der Waals surface area contributed by atoms with E-state index in [4.69, 9.17) is 5.11 Å².